The molecule has 1 heterocycles. The highest BCUT2D eigenvalue weighted by Crippen LogP contribution is 2.31. The number of carbonyl (C=O) groups is 1. The fourth-order valence-corrected chi connectivity index (χ4v) is 2.47. The number of ether oxygens (including phenoxy) is 1. The van der Waals surface area contributed by atoms with Gasteiger partial charge in [-0.1, -0.05) is 11.6 Å². The molecule has 0 amide bonds. The van der Waals surface area contributed by atoms with Crippen LogP contribution in [-0.2, 0) is 16.4 Å². The van der Waals surface area contributed by atoms with Crippen LogP contribution < -0.4 is 4.74 Å². The molecule has 0 bridgehead atoms. The molecule has 1 aromatic heterocycles. The maximum absolute atomic E-state index is 11.5. The smallest absolute Gasteiger partial charge is 0.177 e. The van der Waals surface area contributed by atoms with E-state index in [1.807, 2.05) is 0 Å². The Balaban J connectivity index is 2.24. The van der Waals surface area contributed by atoms with Crippen molar-refractivity contribution in [2.45, 2.75) is 11.5 Å². The molecule has 8 heteroatoms. The summed E-state index contributed by atoms with van der Waals surface area (Å²) < 4.78 is 28.4. The van der Waals surface area contributed by atoms with Crippen molar-refractivity contribution in [1.82, 2.24) is 4.98 Å². The highest BCUT2D eigenvalue weighted by molar-refractivity contribution is 7.90. The van der Waals surface area contributed by atoms with E-state index in [0.29, 0.717) is 11.8 Å². The van der Waals surface area contributed by atoms with E-state index in [1.165, 1.54) is 30.6 Å². The van der Waals surface area contributed by atoms with Crippen molar-refractivity contribution in [2.24, 2.45) is 0 Å². The van der Waals surface area contributed by atoms with E-state index < -0.39 is 9.84 Å². The lowest BCUT2D eigenvalue weighted by Crippen LogP contribution is -2.02. The van der Waals surface area contributed by atoms with Crippen LogP contribution in [0, 0.1) is 0 Å². The standard InChI is InChI=1S/C14H12ClNO5S/c1-22(19,20)11-2-9(5-16-6-11)8-21-14-4-13(18)12(15)3-10(14)7-17/h2-7,18H,8H2,1H3. The summed E-state index contributed by atoms with van der Waals surface area (Å²) in [5.74, 6) is -0.0769. The lowest BCUT2D eigenvalue weighted by molar-refractivity contribution is 0.111. The summed E-state index contributed by atoms with van der Waals surface area (Å²) in [6, 6.07) is 3.93. The van der Waals surface area contributed by atoms with Crippen molar-refractivity contribution >= 4 is 27.7 Å². The lowest BCUT2D eigenvalue weighted by atomic mass is 10.2. The molecule has 1 N–H and O–H groups in total. The van der Waals surface area contributed by atoms with E-state index in [-0.39, 0.29) is 33.6 Å². The molecule has 22 heavy (non-hydrogen) atoms. The van der Waals surface area contributed by atoms with Gasteiger partial charge in [0.2, 0.25) is 0 Å². The Morgan fingerprint density at radius 2 is 2.05 bits per heavy atom. The van der Waals surface area contributed by atoms with Crippen LogP contribution in [0.15, 0.2) is 35.5 Å². The largest absolute Gasteiger partial charge is 0.506 e. The Hall–Kier alpha value is -2.12. The first kappa shape index (κ1) is 16.3. The molecule has 0 aliphatic rings. The quantitative estimate of drug-likeness (QED) is 0.838. The minimum Gasteiger partial charge on any atom is -0.506 e. The average Bonchev–Trinajstić information content (AvgIpc) is 2.47. The topological polar surface area (TPSA) is 93.6 Å². The van der Waals surface area contributed by atoms with E-state index in [0.717, 1.165) is 6.26 Å². The zero-order valence-electron chi connectivity index (χ0n) is 11.5. The number of sulfone groups is 1. The summed E-state index contributed by atoms with van der Waals surface area (Å²) in [6.45, 7) is -0.0156. The van der Waals surface area contributed by atoms with Crippen LogP contribution in [0.4, 0.5) is 0 Å². The number of benzene rings is 1. The van der Waals surface area contributed by atoms with Crippen molar-refractivity contribution in [1.29, 1.82) is 0 Å². The zero-order chi connectivity index (χ0) is 16.3. The molecular weight excluding hydrogens is 330 g/mol. The third-order valence-electron chi connectivity index (χ3n) is 2.80. The Labute approximate surface area is 132 Å². The second-order valence-corrected chi connectivity index (χ2v) is 6.97. The molecule has 0 fully saturated rings. The van der Waals surface area contributed by atoms with Gasteiger partial charge < -0.3 is 9.84 Å². The molecule has 2 rings (SSSR count). The molecule has 0 spiro atoms. The van der Waals surface area contributed by atoms with Crippen LogP contribution in [0.3, 0.4) is 0 Å². The lowest BCUT2D eigenvalue weighted by Gasteiger charge is -2.10. The summed E-state index contributed by atoms with van der Waals surface area (Å²) in [6.07, 6.45) is 4.32. The maximum atomic E-state index is 11.5. The van der Waals surface area contributed by atoms with Gasteiger partial charge in [-0.05, 0) is 12.1 Å². The van der Waals surface area contributed by atoms with Crippen LogP contribution >= 0.6 is 11.6 Å². The Kier molecular flexibility index (Phi) is 4.68. The first-order chi connectivity index (χ1) is 10.3. The number of rotatable bonds is 5. The Bertz CT molecular complexity index is 820. The molecule has 1 aromatic carbocycles. The summed E-state index contributed by atoms with van der Waals surface area (Å²) in [7, 11) is -3.37. The van der Waals surface area contributed by atoms with Gasteiger partial charge in [0, 0.05) is 30.3 Å². The van der Waals surface area contributed by atoms with Gasteiger partial charge in [0.05, 0.1) is 15.5 Å². The second kappa shape index (κ2) is 6.33. The summed E-state index contributed by atoms with van der Waals surface area (Å²) in [5, 5.41) is 9.59. The number of aldehydes is 1. The highest BCUT2D eigenvalue weighted by atomic mass is 35.5. The Morgan fingerprint density at radius 3 is 2.68 bits per heavy atom. The van der Waals surface area contributed by atoms with Crippen LogP contribution in [-0.4, -0.2) is 31.1 Å². The van der Waals surface area contributed by atoms with E-state index >= 15 is 0 Å². The fraction of sp³-hybridized carbons (Fsp3) is 0.143. The number of phenols is 1. The summed E-state index contributed by atoms with van der Waals surface area (Å²) in [4.78, 5) is 14.9. The maximum Gasteiger partial charge on any atom is 0.177 e. The van der Waals surface area contributed by atoms with Gasteiger partial charge in [-0.2, -0.15) is 0 Å². The van der Waals surface area contributed by atoms with Gasteiger partial charge in [-0.15, -0.1) is 0 Å². The van der Waals surface area contributed by atoms with Crippen LogP contribution in [0.1, 0.15) is 15.9 Å². The third-order valence-corrected chi connectivity index (χ3v) is 4.18. The summed E-state index contributed by atoms with van der Waals surface area (Å²) in [5.41, 5.74) is 0.684. The van der Waals surface area contributed by atoms with Gasteiger partial charge in [0.25, 0.3) is 0 Å². The van der Waals surface area contributed by atoms with E-state index in [2.05, 4.69) is 4.98 Å². The number of aromatic hydroxyl groups is 1. The number of halogens is 1. The number of aromatic nitrogens is 1. The fourth-order valence-electron chi connectivity index (χ4n) is 1.68. The van der Waals surface area contributed by atoms with Crippen LogP contribution in [0.2, 0.25) is 5.02 Å². The van der Waals surface area contributed by atoms with Gasteiger partial charge in [-0.25, -0.2) is 8.42 Å². The molecule has 0 saturated heterocycles. The van der Waals surface area contributed by atoms with Crippen molar-refractivity contribution in [3.63, 3.8) is 0 Å². The molecule has 0 radical (unpaired) electrons. The number of carbonyl (C=O) groups excluding carboxylic acids is 1. The third kappa shape index (κ3) is 3.75. The van der Waals surface area contributed by atoms with Crippen LogP contribution in [0.25, 0.3) is 0 Å². The van der Waals surface area contributed by atoms with Gasteiger partial charge in [0.1, 0.15) is 18.1 Å². The van der Waals surface area contributed by atoms with E-state index in [4.69, 9.17) is 16.3 Å². The van der Waals surface area contributed by atoms with Gasteiger partial charge >= 0.3 is 0 Å². The van der Waals surface area contributed by atoms with Gasteiger partial charge in [-0.3, -0.25) is 9.78 Å². The first-order valence-corrected chi connectivity index (χ1v) is 8.32. The average molecular weight is 342 g/mol. The number of hydrogen-bond acceptors (Lipinski definition) is 6. The van der Waals surface area contributed by atoms with Crippen molar-refractivity contribution in [3.8, 4) is 11.5 Å². The molecule has 0 saturated carbocycles. The minimum atomic E-state index is -3.37. The normalized spacial score (nSPS) is 11.2. The van der Waals surface area contributed by atoms with E-state index in [9.17, 15) is 18.3 Å². The Morgan fingerprint density at radius 1 is 1.32 bits per heavy atom. The monoisotopic (exact) mass is 341 g/mol. The first-order valence-electron chi connectivity index (χ1n) is 6.05. The highest BCUT2D eigenvalue weighted by Gasteiger charge is 2.11. The molecule has 6 nitrogen and oxygen atoms in total. The SMILES string of the molecule is CS(=O)(=O)c1cncc(COc2cc(O)c(Cl)cc2C=O)c1. The minimum absolute atomic E-state index is 0.0156. The molecule has 0 aliphatic heterocycles. The van der Waals surface area contributed by atoms with Crippen molar-refractivity contribution in [3.05, 3.63) is 46.7 Å². The van der Waals surface area contributed by atoms with E-state index in [1.54, 1.807) is 0 Å². The predicted molar refractivity (Wildman–Crippen MR) is 80.2 cm³/mol. The molecule has 0 aliphatic carbocycles. The number of pyridine rings is 1. The zero-order valence-corrected chi connectivity index (χ0v) is 13.1. The number of hydrogen-bond donors (Lipinski definition) is 1. The van der Waals surface area contributed by atoms with Crippen molar-refractivity contribution in [2.75, 3.05) is 6.26 Å². The predicted octanol–water partition coefficient (Wildman–Crippen LogP) is 2.24. The molecule has 116 valence electrons. The number of nitrogens with zero attached hydrogens (tertiary/aromatic N) is 1. The molecule has 0 atom stereocenters. The molecule has 0 unspecified atom stereocenters. The van der Waals surface area contributed by atoms with Crippen LogP contribution in [0.5, 0.6) is 11.5 Å². The molecule has 2 aromatic rings. The second-order valence-electron chi connectivity index (χ2n) is 4.55. The molecular formula is C14H12ClNO5S. The summed E-state index contributed by atoms with van der Waals surface area (Å²) >= 11 is 5.71. The number of phenolic OH excluding ortho intramolecular Hbond substituents is 1. The van der Waals surface area contributed by atoms with Gasteiger partial charge in [0.15, 0.2) is 16.1 Å². The van der Waals surface area contributed by atoms with Crippen molar-refractivity contribution < 1.29 is 23.1 Å².